The van der Waals surface area contributed by atoms with Crippen LogP contribution in [-0.4, -0.2) is 29.1 Å². The average Bonchev–Trinajstić information content (AvgIpc) is 2.54. The van der Waals surface area contributed by atoms with Gasteiger partial charge in [0.15, 0.2) is 0 Å². The molecular weight excluding hydrogens is 262 g/mol. The van der Waals surface area contributed by atoms with Crippen LogP contribution in [0.3, 0.4) is 0 Å². The Kier molecular flexibility index (Phi) is 3.59. The van der Waals surface area contributed by atoms with Crippen molar-refractivity contribution in [3.63, 3.8) is 0 Å². The zero-order chi connectivity index (χ0) is 14.8. The van der Waals surface area contributed by atoms with Gasteiger partial charge in [-0.3, -0.25) is 4.79 Å². The molecule has 0 bridgehead atoms. The van der Waals surface area contributed by atoms with Gasteiger partial charge in [0, 0.05) is 19.2 Å². The van der Waals surface area contributed by atoms with Gasteiger partial charge >= 0.3 is 0 Å². The zero-order valence-corrected chi connectivity index (χ0v) is 11.8. The van der Waals surface area contributed by atoms with Crippen LogP contribution in [-0.2, 0) is 4.79 Å². The van der Waals surface area contributed by atoms with E-state index in [9.17, 15) is 9.90 Å². The summed E-state index contributed by atoms with van der Waals surface area (Å²) < 4.78 is 0. The monoisotopic (exact) mass is 279 g/mol. The second-order valence-corrected chi connectivity index (χ2v) is 5.23. The number of carbonyl (C=O) groups excluding carboxylic acids is 1. The number of rotatable bonds is 2. The summed E-state index contributed by atoms with van der Waals surface area (Å²) in [4.78, 5) is 13.6. The number of carbonyl (C=O) groups is 1. The molecule has 0 spiro atoms. The summed E-state index contributed by atoms with van der Waals surface area (Å²) in [5.74, 6) is -0.610. The zero-order valence-electron chi connectivity index (χ0n) is 11.8. The highest BCUT2D eigenvalue weighted by Crippen LogP contribution is 2.38. The molecule has 0 saturated heterocycles. The molecular formula is C18H17NO2. The lowest BCUT2D eigenvalue weighted by Crippen LogP contribution is -2.41. The molecule has 1 amide bonds. The summed E-state index contributed by atoms with van der Waals surface area (Å²) in [6.45, 7) is 0. The maximum atomic E-state index is 12.1. The van der Waals surface area contributed by atoms with Crippen molar-refractivity contribution in [1.82, 2.24) is 4.90 Å². The molecule has 1 N–H and O–H groups in total. The minimum atomic E-state index is -1.06. The molecule has 2 aromatic rings. The molecule has 0 fully saturated rings. The molecule has 0 saturated carbocycles. The van der Waals surface area contributed by atoms with E-state index in [4.69, 9.17) is 0 Å². The van der Waals surface area contributed by atoms with Gasteiger partial charge < -0.3 is 10.0 Å². The molecule has 2 aromatic carbocycles. The number of amides is 1. The smallest absolute Gasteiger partial charge is 0.256 e. The van der Waals surface area contributed by atoms with E-state index in [1.54, 1.807) is 7.05 Å². The molecule has 106 valence electrons. The van der Waals surface area contributed by atoms with Gasteiger partial charge in [-0.05, 0) is 16.7 Å². The Morgan fingerprint density at radius 3 is 2.14 bits per heavy atom. The second kappa shape index (κ2) is 5.54. The molecule has 3 nitrogen and oxygen atoms in total. The van der Waals surface area contributed by atoms with Crippen molar-refractivity contribution in [1.29, 1.82) is 0 Å². The molecule has 1 heterocycles. The first-order valence-electron chi connectivity index (χ1n) is 6.95. The Bertz CT molecular complexity index is 664. The van der Waals surface area contributed by atoms with Crippen molar-refractivity contribution >= 4 is 11.5 Å². The van der Waals surface area contributed by atoms with Crippen LogP contribution in [0.25, 0.3) is 5.57 Å². The van der Waals surface area contributed by atoms with Crippen LogP contribution in [0.1, 0.15) is 17.0 Å². The van der Waals surface area contributed by atoms with E-state index in [0.29, 0.717) is 0 Å². The third-order valence-corrected chi connectivity index (χ3v) is 3.85. The van der Waals surface area contributed by atoms with Crippen LogP contribution in [0.5, 0.6) is 0 Å². The fraction of sp³-hybridized carbons (Fsp3) is 0.167. The average molecular weight is 279 g/mol. The fourth-order valence-electron chi connectivity index (χ4n) is 2.78. The highest BCUT2D eigenvalue weighted by atomic mass is 16.3. The van der Waals surface area contributed by atoms with Crippen LogP contribution >= 0.6 is 0 Å². The van der Waals surface area contributed by atoms with Gasteiger partial charge in [0.2, 0.25) is 0 Å². The maximum absolute atomic E-state index is 12.1. The van der Waals surface area contributed by atoms with Crippen LogP contribution < -0.4 is 0 Å². The summed E-state index contributed by atoms with van der Waals surface area (Å²) in [5.41, 5.74) is 2.92. The topological polar surface area (TPSA) is 40.5 Å². The van der Waals surface area contributed by atoms with Crippen LogP contribution in [0.4, 0.5) is 0 Å². The van der Waals surface area contributed by atoms with Crippen LogP contribution in [0, 0.1) is 0 Å². The molecule has 1 aliphatic rings. The number of hydrogen-bond donors (Lipinski definition) is 1. The standard InChI is InChI=1S/C18H17NO2/c1-19-12-15(13-8-4-2-5-9-13)16(17(20)18(19)21)14-10-6-3-7-11-14/h2-12,16-17,20H,1H3/t16-,17+/m0/s1. The minimum Gasteiger partial charge on any atom is -0.382 e. The Morgan fingerprint density at radius 2 is 1.52 bits per heavy atom. The predicted molar refractivity (Wildman–Crippen MR) is 82.4 cm³/mol. The van der Waals surface area contributed by atoms with Gasteiger partial charge in [-0.15, -0.1) is 0 Å². The summed E-state index contributed by atoms with van der Waals surface area (Å²) in [7, 11) is 1.68. The quantitative estimate of drug-likeness (QED) is 0.918. The lowest BCUT2D eigenvalue weighted by atomic mass is 9.81. The third kappa shape index (κ3) is 2.48. The van der Waals surface area contributed by atoms with Crippen LogP contribution in [0.2, 0.25) is 0 Å². The number of aliphatic hydroxyl groups is 1. The first-order valence-corrected chi connectivity index (χ1v) is 6.95. The van der Waals surface area contributed by atoms with Gasteiger partial charge in [0.25, 0.3) is 5.91 Å². The van der Waals surface area contributed by atoms with Gasteiger partial charge in [0.1, 0.15) is 6.10 Å². The summed E-state index contributed by atoms with van der Waals surface area (Å²) in [5, 5.41) is 10.5. The van der Waals surface area contributed by atoms with Gasteiger partial charge in [-0.2, -0.15) is 0 Å². The van der Waals surface area contributed by atoms with E-state index < -0.39 is 6.10 Å². The molecule has 21 heavy (non-hydrogen) atoms. The van der Waals surface area contributed by atoms with Crippen molar-refractivity contribution in [3.05, 3.63) is 78.0 Å². The number of likely N-dealkylation sites (N-methyl/N-ethyl adjacent to an activating group) is 1. The molecule has 3 heteroatoms. The lowest BCUT2D eigenvalue weighted by molar-refractivity contribution is -0.137. The summed E-state index contributed by atoms with van der Waals surface area (Å²) in [6, 6.07) is 19.5. The molecule has 0 aromatic heterocycles. The van der Waals surface area contributed by atoms with E-state index in [0.717, 1.165) is 16.7 Å². The first kappa shape index (κ1) is 13.6. The highest BCUT2D eigenvalue weighted by Gasteiger charge is 2.36. The molecule has 0 aliphatic carbocycles. The van der Waals surface area contributed by atoms with Crippen molar-refractivity contribution < 1.29 is 9.90 Å². The van der Waals surface area contributed by atoms with E-state index in [-0.39, 0.29) is 11.8 Å². The fourth-order valence-corrected chi connectivity index (χ4v) is 2.78. The van der Waals surface area contributed by atoms with Crippen molar-refractivity contribution in [3.8, 4) is 0 Å². The van der Waals surface area contributed by atoms with E-state index in [2.05, 4.69) is 0 Å². The molecule has 2 atom stereocenters. The molecule has 0 unspecified atom stereocenters. The first-order chi connectivity index (χ1) is 10.2. The van der Waals surface area contributed by atoms with Crippen molar-refractivity contribution in [2.45, 2.75) is 12.0 Å². The SMILES string of the molecule is CN1C=C(c2ccccc2)[C@H](c2ccccc2)[C@@H](O)C1=O. The third-order valence-electron chi connectivity index (χ3n) is 3.85. The highest BCUT2D eigenvalue weighted by molar-refractivity contribution is 5.91. The Hall–Kier alpha value is -2.39. The second-order valence-electron chi connectivity index (χ2n) is 5.23. The Balaban J connectivity index is 2.13. The van der Waals surface area contributed by atoms with E-state index in [1.807, 2.05) is 66.9 Å². The molecule has 1 aliphatic heterocycles. The normalized spacial score (nSPS) is 22.1. The Labute approximate surface area is 124 Å². The van der Waals surface area contributed by atoms with Crippen molar-refractivity contribution in [2.24, 2.45) is 0 Å². The number of aliphatic hydroxyl groups excluding tert-OH is 1. The van der Waals surface area contributed by atoms with Gasteiger partial charge in [0.05, 0.1) is 0 Å². The minimum absolute atomic E-state index is 0.275. The maximum Gasteiger partial charge on any atom is 0.256 e. The van der Waals surface area contributed by atoms with Crippen molar-refractivity contribution in [2.75, 3.05) is 7.05 Å². The molecule has 0 radical (unpaired) electrons. The Morgan fingerprint density at radius 1 is 0.952 bits per heavy atom. The number of hydrogen-bond acceptors (Lipinski definition) is 2. The molecule has 3 rings (SSSR count). The summed E-state index contributed by atoms with van der Waals surface area (Å²) in [6.07, 6.45) is 0.764. The van der Waals surface area contributed by atoms with E-state index in [1.165, 1.54) is 4.90 Å². The van der Waals surface area contributed by atoms with Gasteiger partial charge in [-0.25, -0.2) is 0 Å². The number of benzene rings is 2. The van der Waals surface area contributed by atoms with Crippen LogP contribution in [0.15, 0.2) is 66.9 Å². The van der Waals surface area contributed by atoms with Gasteiger partial charge in [-0.1, -0.05) is 60.7 Å². The largest absolute Gasteiger partial charge is 0.382 e. The lowest BCUT2D eigenvalue weighted by Gasteiger charge is -2.33. The number of nitrogens with zero attached hydrogens (tertiary/aromatic N) is 1. The van der Waals surface area contributed by atoms with E-state index >= 15 is 0 Å². The summed E-state index contributed by atoms with van der Waals surface area (Å²) >= 11 is 0. The predicted octanol–water partition coefficient (Wildman–Crippen LogP) is 2.64.